The molecular weight excluding hydrogens is 634 g/mol. The van der Waals surface area contributed by atoms with Crippen LogP contribution in [0.5, 0.6) is 0 Å². The number of hydrogen-bond donors (Lipinski definition) is 4. The van der Waals surface area contributed by atoms with Crippen molar-refractivity contribution in [2.24, 2.45) is 40.2 Å². The summed E-state index contributed by atoms with van der Waals surface area (Å²) in [5.74, 6) is -2.33. The minimum Gasteiger partial charge on any atom is -0.461 e. The maximum absolute atomic E-state index is 13.9. The first-order valence-corrected chi connectivity index (χ1v) is 17.6. The molecule has 6 fully saturated rings. The van der Waals surface area contributed by atoms with Crippen LogP contribution in [0.25, 0.3) is 0 Å². The number of nitrogens with one attached hydrogen (secondary N) is 1. The zero-order valence-electron chi connectivity index (χ0n) is 29.1. The molecule has 7 bridgehead atoms. The van der Waals surface area contributed by atoms with E-state index >= 15 is 0 Å². The number of para-hydroxylation sites is 1. The van der Waals surface area contributed by atoms with Gasteiger partial charge in [-0.2, -0.15) is 0 Å². The number of hydrogen-bond acceptors (Lipinski definition) is 11. The fourth-order valence-corrected chi connectivity index (χ4v) is 12.5. The van der Waals surface area contributed by atoms with E-state index in [1.807, 2.05) is 0 Å². The van der Waals surface area contributed by atoms with E-state index in [4.69, 9.17) is 29.4 Å². The Balaban J connectivity index is 1.29. The summed E-state index contributed by atoms with van der Waals surface area (Å²) in [5, 5.41) is 29.2. The van der Waals surface area contributed by atoms with Crippen LogP contribution in [0.2, 0.25) is 0 Å². The first-order chi connectivity index (χ1) is 23.4. The number of ether oxygens (including phenoxy) is 5. The van der Waals surface area contributed by atoms with Crippen molar-refractivity contribution in [3.05, 3.63) is 29.8 Å². The van der Waals surface area contributed by atoms with E-state index in [0.29, 0.717) is 25.9 Å². The number of methoxy groups -OCH3 is 4. The zero-order chi connectivity index (χ0) is 35.1. The average molecular weight is 686 g/mol. The lowest BCUT2D eigenvalue weighted by atomic mass is 9.42. The topological polar surface area (TPSA) is 179 Å². The monoisotopic (exact) mass is 685 g/mol. The smallest absolute Gasteiger partial charge is 0.340 e. The van der Waals surface area contributed by atoms with Crippen molar-refractivity contribution >= 4 is 23.5 Å². The van der Waals surface area contributed by atoms with Crippen LogP contribution in [0.1, 0.15) is 55.8 Å². The number of carbonyl (C=O) groups excluding carboxylic acids is 3. The third-order valence-electron chi connectivity index (χ3n) is 13.8. The van der Waals surface area contributed by atoms with Crippen LogP contribution in [0.4, 0.5) is 5.69 Å². The first kappa shape index (κ1) is 34.8. The fraction of sp³-hybridized carbons (Fsp3) is 0.750. The molecule has 5 saturated carbocycles. The van der Waals surface area contributed by atoms with E-state index < -0.39 is 52.0 Å². The van der Waals surface area contributed by atoms with E-state index in [9.17, 15) is 24.6 Å². The van der Waals surface area contributed by atoms with Gasteiger partial charge in [0.2, 0.25) is 11.8 Å². The number of carbonyl (C=O) groups is 3. The number of esters is 1. The van der Waals surface area contributed by atoms with Crippen LogP contribution in [-0.2, 0) is 33.3 Å². The van der Waals surface area contributed by atoms with Gasteiger partial charge in [-0.05, 0) is 43.9 Å². The van der Waals surface area contributed by atoms with Crippen LogP contribution in [0, 0.1) is 34.5 Å². The number of aliphatic hydroxyl groups is 2. The third-order valence-corrected chi connectivity index (χ3v) is 13.8. The number of benzene rings is 1. The van der Waals surface area contributed by atoms with Crippen LogP contribution in [0.3, 0.4) is 0 Å². The molecule has 270 valence electrons. The number of primary amides is 1. The Morgan fingerprint density at radius 3 is 2.45 bits per heavy atom. The lowest BCUT2D eigenvalue weighted by Crippen LogP contribution is -2.82. The Kier molecular flexibility index (Phi) is 8.69. The summed E-state index contributed by atoms with van der Waals surface area (Å²) in [5.41, 5.74) is 1.14. The summed E-state index contributed by atoms with van der Waals surface area (Å²) < 4.78 is 31.3. The van der Waals surface area contributed by atoms with Crippen molar-refractivity contribution in [2.75, 3.05) is 53.5 Å². The Morgan fingerprint density at radius 1 is 1.04 bits per heavy atom. The minimum absolute atomic E-state index is 0.0424. The molecule has 1 aromatic carbocycles. The highest BCUT2D eigenvalue weighted by molar-refractivity contribution is 6.01. The molecule has 1 aliphatic heterocycles. The van der Waals surface area contributed by atoms with Crippen LogP contribution < -0.4 is 11.1 Å². The molecule has 13 nitrogen and oxygen atoms in total. The lowest BCUT2D eigenvalue weighted by Gasteiger charge is -2.70. The summed E-state index contributed by atoms with van der Waals surface area (Å²) in [4.78, 5) is 39.9. The summed E-state index contributed by atoms with van der Waals surface area (Å²) in [6, 6.07) is 6.14. The molecule has 0 radical (unpaired) electrons. The predicted octanol–water partition coefficient (Wildman–Crippen LogP) is 1.34. The molecule has 49 heavy (non-hydrogen) atoms. The molecular formula is C36H51N3O10. The van der Waals surface area contributed by atoms with Crippen molar-refractivity contribution in [1.29, 1.82) is 0 Å². The van der Waals surface area contributed by atoms with Crippen molar-refractivity contribution in [1.82, 2.24) is 4.90 Å². The number of nitrogens with zero attached hydrogens (tertiary/aromatic N) is 1. The first-order valence-electron chi connectivity index (χ1n) is 17.6. The van der Waals surface area contributed by atoms with Gasteiger partial charge in [0.1, 0.15) is 11.2 Å². The number of nitrogens with two attached hydrogens (primary N) is 1. The number of rotatable bonds is 12. The zero-order valence-corrected chi connectivity index (χ0v) is 29.1. The van der Waals surface area contributed by atoms with Gasteiger partial charge in [0.15, 0.2) is 0 Å². The standard InChI is InChI=1S/C36H51N3O10/c1-6-39-17-33(18-49-31(42)19-9-7-8-10-22(19)38-26(41)12-11-25(37)40)14-13-24(46-3)35-21-15-20-23(45-2)16-34(43,27(21)28(20)47-4)36(44,32(35)39)30(48-5)29(33)35/h7-10,20-21,23-24,27-30,32,43-44H,6,11-18H2,1-5H3,(H2,37,40)(H,38,41)/t20-,21+,23-,24-,27+,28-,29+,30+,32-,33+,34-,35-,36+/m0/s1. The van der Waals surface area contributed by atoms with Crippen molar-refractivity contribution in [3.8, 4) is 0 Å². The van der Waals surface area contributed by atoms with Crippen LogP contribution in [0.15, 0.2) is 24.3 Å². The number of piperidine rings is 1. The highest BCUT2D eigenvalue weighted by Gasteiger charge is 2.91. The Morgan fingerprint density at radius 2 is 1.80 bits per heavy atom. The molecule has 0 aromatic heterocycles. The molecule has 6 aliphatic rings. The van der Waals surface area contributed by atoms with Gasteiger partial charge in [-0.3, -0.25) is 14.5 Å². The molecule has 1 spiro atoms. The van der Waals surface area contributed by atoms with Crippen molar-refractivity contribution in [3.63, 3.8) is 0 Å². The van der Waals surface area contributed by atoms with E-state index in [1.54, 1.807) is 52.7 Å². The average Bonchev–Trinajstić information content (AvgIpc) is 3.51. The molecule has 5 aliphatic carbocycles. The fourth-order valence-electron chi connectivity index (χ4n) is 12.5. The van der Waals surface area contributed by atoms with E-state index in [2.05, 4.69) is 17.1 Å². The Hall–Kier alpha value is -2.65. The van der Waals surface area contributed by atoms with E-state index in [-0.39, 0.29) is 79.1 Å². The summed E-state index contributed by atoms with van der Waals surface area (Å²) in [6.07, 6.45) is 0.513. The van der Waals surface area contributed by atoms with Crippen molar-refractivity contribution < 1.29 is 48.3 Å². The maximum atomic E-state index is 13.9. The van der Waals surface area contributed by atoms with Gasteiger partial charge in [0, 0.05) is 82.8 Å². The molecule has 1 heterocycles. The van der Waals surface area contributed by atoms with Crippen LogP contribution in [-0.4, -0.2) is 123 Å². The lowest BCUT2D eigenvalue weighted by molar-refractivity contribution is -0.320. The second-order valence-corrected chi connectivity index (χ2v) is 15.3. The Bertz CT molecular complexity index is 1490. The highest BCUT2D eigenvalue weighted by atomic mass is 16.5. The number of likely N-dealkylation sites (tertiary alicyclic amines) is 1. The van der Waals surface area contributed by atoms with Gasteiger partial charge in [-0.25, -0.2) is 4.79 Å². The summed E-state index contributed by atoms with van der Waals surface area (Å²) in [7, 11) is 6.68. The molecule has 7 rings (SSSR count). The van der Waals surface area contributed by atoms with Gasteiger partial charge in [0.05, 0.1) is 48.3 Å². The van der Waals surface area contributed by atoms with Crippen molar-refractivity contribution in [2.45, 2.75) is 87.1 Å². The second-order valence-electron chi connectivity index (χ2n) is 15.3. The predicted molar refractivity (Wildman–Crippen MR) is 175 cm³/mol. The highest BCUT2D eigenvalue weighted by Crippen LogP contribution is 2.80. The van der Waals surface area contributed by atoms with Gasteiger partial charge >= 0.3 is 5.97 Å². The molecule has 0 unspecified atom stereocenters. The third kappa shape index (κ3) is 4.45. The molecule has 1 saturated heterocycles. The number of fused-ring (bicyclic) bond motifs is 2. The number of anilines is 1. The molecule has 5 N–H and O–H groups in total. The van der Waals surface area contributed by atoms with E-state index in [0.717, 1.165) is 6.42 Å². The summed E-state index contributed by atoms with van der Waals surface area (Å²) in [6.45, 7) is 3.25. The minimum atomic E-state index is -1.69. The molecule has 2 amide bonds. The molecule has 1 aromatic rings. The maximum Gasteiger partial charge on any atom is 0.340 e. The quantitative estimate of drug-likeness (QED) is 0.233. The molecule has 13 heteroatoms. The largest absolute Gasteiger partial charge is 0.461 e. The molecule has 13 atom stereocenters. The van der Waals surface area contributed by atoms with E-state index in [1.165, 1.54) is 0 Å². The second kappa shape index (κ2) is 12.2. The SMILES string of the molecule is CCN1C[C@@]2(COC(=O)c3ccccc3NC(=O)CCC(N)=O)CC[C@H](OC)[C@@]34[C@@H]5C[C@@H]6[C@H](OC)[C@@H]5[C@@](O)(C[C@@H]6OC)[C@@](O)([C@H](OC)[C@H]23)[C@@H]14. The van der Waals surface area contributed by atoms with Crippen LogP contribution >= 0.6 is 0 Å². The van der Waals surface area contributed by atoms with Gasteiger partial charge in [-0.1, -0.05) is 19.1 Å². The Labute approximate surface area is 287 Å². The van der Waals surface area contributed by atoms with Gasteiger partial charge in [0.25, 0.3) is 0 Å². The normalized spacial score (nSPS) is 44.4. The number of likely N-dealkylation sites (N-methyl/N-ethyl adjacent to an activating group) is 1. The number of amides is 2. The van der Waals surface area contributed by atoms with Gasteiger partial charge in [-0.15, -0.1) is 0 Å². The van der Waals surface area contributed by atoms with Gasteiger partial charge < -0.3 is 44.9 Å². The summed E-state index contributed by atoms with van der Waals surface area (Å²) >= 11 is 0.